The van der Waals surface area contributed by atoms with Crippen LogP contribution in [0.15, 0.2) is 61.2 Å². The second-order valence-corrected chi connectivity index (χ2v) is 7.99. The highest BCUT2D eigenvalue weighted by Crippen LogP contribution is 2.29. The van der Waals surface area contributed by atoms with Gasteiger partial charge in [0.1, 0.15) is 12.7 Å². The highest BCUT2D eigenvalue weighted by Gasteiger charge is 2.24. The summed E-state index contributed by atoms with van der Waals surface area (Å²) in [6.45, 7) is 3.08. The van der Waals surface area contributed by atoms with Gasteiger partial charge in [0.05, 0.1) is 21.5 Å². The van der Waals surface area contributed by atoms with Crippen molar-refractivity contribution >= 4 is 32.6 Å². The second-order valence-electron chi connectivity index (χ2n) is 6.98. The Labute approximate surface area is 172 Å². The van der Waals surface area contributed by atoms with E-state index in [1.165, 1.54) is 4.70 Å². The van der Waals surface area contributed by atoms with Gasteiger partial charge in [-0.25, -0.2) is 4.98 Å². The Morgan fingerprint density at radius 1 is 0.897 bits per heavy atom. The van der Waals surface area contributed by atoms with Crippen LogP contribution in [-0.2, 0) is 0 Å². The molecule has 0 N–H and O–H groups in total. The van der Waals surface area contributed by atoms with Crippen LogP contribution >= 0.6 is 11.3 Å². The average Bonchev–Trinajstić information content (AvgIpc) is 3.38. The van der Waals surface area contributed by atoms with E-state index in [-0.39, 0.29) is 5.91 Å². The van der Waals surface area contributed by atoms with Gasteiger partial charge in [0, 0.05) is 26.2 Å². The van der Waals surface area contributed by atoms with E-state index in [1.807, 2.05) is 47.4 Å². The first-order valence-electron chi connectivity index (χ1n) is 9.63. The Kier molecular flexibility index (Phi) is 4.69. The molecule has 1 fully saturated rings. The number of hydrogen-bond acceptors (Lipinski definition) is 6. The van der Waals surface area contributed by atoms with Crippen molar-refractivity contribution in [3.8, 4) is 5.69 Å². The molecule has 5 rings (SSSR count). The SMILES string of the molecule is O=C(c1ccccc1-n1cnnc1)N1CCCN(c2nc3ccccc3s2)CC1. The zero-order valence-electron chi connectivity index (χ0n) is 15.8. The van der Waals surface area contributed by atoms with E-state index in [9.17, 15) is 4.79 Å². The summed E-state index contributed by atoms with van der Waals surface area (Å²) in [5, 5.41) is 8.76. The van der Waals surface area contributed by atoms with Gasteiger partial charge in [0.15, 0.2) is 5.13 Å². The number of anilines is 1. The maximum absolute atomic E-state index is 13.3. The number of fused-ring (bicyclic) bond motifs is 1. The molecule has 3 heterocycles. The first-order valence-corrected chi connectivity index (χ1v) is 10.4. The molecule has 4 aromatic rings. The van der Waals surface area contributed by atoms with Gasteiger partial charge in [-0.3, -0.25) is 9.36 Å². The van der Waals surface area contributed by atoms with Crippen molar-refractivity contribution in [2.24, 2.45) is 0 Å². The number of hydrogen-bond donors (Lipinski definition) is 0. The maximum atomic E-state index is 13.3. The number of carbonyl (C=O) groups is 1. The van der Waals surface area contributed by atoms with Gasteiger partial charge in [-0.1, -0.05) is 35.6 Å². The van der Waals surface area contributed by atoms with Gasteiger partial charge in [0.2, 0.25) is 0 Å². The number of nitrogens with zero attached hydrogens (tertiary/aromatic N) is 6. The molecule has 0 unspecified atom stereocenters. The molecule has 2 aromatic carbocycles. The summed E-state index contributed by atoms with van der Waals surface area (Å²) in [4.78, 5) is 22.3. The van der Waals surface area contributed by atoms with Crippen LogP contribution in [0.1, 0.15) is 16.8 Å². The molecule has 8 heteroatoms. The monoisotopic (exact) mass is 404 g/mol. The van der Waals surface area contributed by atoms with E-state index in [2.05, 4.69) is 21.2 Å². The van der Waals surface area contributed by atoms with Crippen LogP contribution in [0.5, 0.6) is 0 Å². The summed E-state index contributed by atoms with van der Waals surface area (Å²) >= 11 is 1.71. The molecule has 0 saturated carbocycles. The van der Waals surface area contributed by atoms with Gasteiger partial charge >= 0.3 is 0 Å². The first kappa shape index (κ1) is 17.8. The lowest BCUT2D eigenvalue weighted by molar-refractivity contribution is 0.0767. The summed E-state index contributed by atoms with van der Waals surface area (Å²) in [6, 6.07) is 15.8. The van der Waals surface area contributed by atoms with Gasteiger partial charge in [-0.05, 0) is 30.7 Å². The van der Waals surface area contributed by atoms with Crippen LogP contribution in [0.3, 0.4) is 0 Å². The van der Waals surface area contributed by atoms with Gasteiger partial charge in [-0.15, -0.1) is 10.2 Å². The Bertz CT molecular complexity index is 1110. The number of thiazole rings is 1. The molecule has 0 spiro atoms. The fourth-order valence-corrected chi connectivity index (χ4v) is 4.70. The van der Waals surface area contributed by atoms with E-state index < -0.39 is 0 Å². The Balaban J connectivity index is 1.35. The van der Waals surface area contributed by atoms with Crippen LogP contribution in [0.25, 0.3) is 15.9 Å². The maximum Gasteiger partial charge on any atom is 0.256 e. The van der Waals surface area contributed by atoms with Crippen molar-refractivity contribution in [1.29, 1.82) is 0 Å². The lowest BCUT2D eigenvalue weighted by Gasteiger charge is -2.22. The predicted octanol–water partition coefficient (Wildman–Crippen LogP) is 3.23. The van der Waals surface area contributed by atoms with Crippen molar-refractivity contribution in [3.05, 3.63) is 66.7 Å². The number of aromatic nitrogens is 4. The topological polar surface area (TPSA) is 67.2 Å². The zero-order chi connectivity index (χ0) is 19.6. The number of rotatable bonds is 3. The third-order valence-electron chi connectivity index (χ3n) is 5.17. The summed E-state index contributed by atoms with van der Waals surface area (Å²) < 4.78 is 2.97. The molecule has 0 atom stereocenters. The van der Waals surface area contributed by atoms with Crippen molar-refractivity contribution < 1.29 is 4.79 Å². The van der Waals surface area contributed by atoms with E-state index in [0.29, 0.717) is 12.1 Å². The fourth-order valence-electron chi connectivity index (χ4n) is 3.68. The number of benzene rings is 2. The lowest BCUT2D eigenvalue weighted by atomic mass is 10.1. The minimum atomic E-state index is 0.0421. The molecule has 1 aliphatic rings. The van der Waals surface area contributed by atoms with Crippen molar-refractivity contribution in [2.75, 3.05) is 31.1 Å². The minimum Gasteiger partial charge on any atom is -0.346 e. The predicted molar refractivity (Wildman–Crippen MR) is 114 cm³/mol. The quantitative estimate of drug-likeness (QED) is 0.524. The number of amides is 1. The number of para-hydroxylation sites is 2. The van der Waals surface area contributed by atoms with Crippen LogP contribution in [0.4, 0.5) is 5.13 Å². The third kappa shape index (κ3) is 3.47. The number of carbonyl (C=O) groups excluding carboxylic acids is 1. The average molecular weight is 404 g/mol. The molecule has 146 valence electrons. The Morgan fingerprint density at radius 2 is 1.69 bits per heavy atom. The second kappa shape index (κ2) is 7.63. The minimum absolute atomic E-state index is 0.0421. The van der Waals surface area contributed by atoms with E-state index in [0.717, 1.165) is 42.4 Å². The summed E-state index contributed by atoms with van der Waals surface area (Å²) in [5.74, 6) is 0.0421. The first-order chi connectivity index (χ1) is 14.3. The van der Waals surface area contributed by atoms with E-state index in [4.69, 9.17) is 4.98 Å². The molecule has 1 aliphatic heterocycles. The van der Waals surface area contributed by atoms with Gasteiger partial charge < -0.3 is 9.80 Å². The third-order valence-corrected chi connectivity index (χ3v) is 6.26. The van der Waals surface area contributed by atoms with Crippen LogP contribution in [0.2, 0.25) is 0 Å². The van der Waals surface area contributed by atoms with Gasteiger partial charge in [-0.2, -0.15) is 0 Å². The molecule has 7 nitrogen and oxygen atoms in total. The van der Waals surface area contributed by atoms with Crippen LogP contribution in [0, 0.1) is 0 Å². The molecule has 1 saturated heterocycles. The zero-order valence-corrected chi connectivity index (χ0v) is 16.6. The van der Waals surface area contributed by atoms with Crippen molar-refractivity contribution in [2.45, 2.75) is 6.42 Å². The van der Waals surface area contributed by atoms with Crippen LogP contribution < -0.4 is 4.90 Å². The molecular weight excluding hydrogens is 384 g/mol. The smallest absolute Gasteiger partial charge is 0.256 e. The van der Waals surface area contributed by atoms with Crippen LogP contribution in [-0.4, -0.2) is 56.7 Å². The van der Waals surface area contributed by atoms with E-state index >= 15 is 0 Å². The van der Waals surface area contributed by atoms with Gasteiger partial charge in [0.25, 0.3) is 5.91 Å². The molecule has 0 aliphatic carbocycles. The highest BCUT2D eigenvalue weighted by molar-refractivity contribution is 7.22. The Morgan fingerprint density at radius 3 is 2.55 bits per heavy atom. The highest BCUT2D eigenvalue weighted by atomic mass is 32.1. The standard InChI is InChI=1S/C21H20N6OS/c28-20(16-6-1-3-8-18(16)27-14-22-23-15-27)25-10-5-11-26(13-12-25)21-24-17-7-2-4-9-19(17)29-21/h1-4,6-9,14-15H,5,10-13H2. The van der Waals surface area contributed by atoms with E-state index in [1.54, 1.807) is 28.6 Å². The summed E-state index contributed by atoms with van der Waals surface area (Å²) in [7, 11) is 0. The largest absolute Gasteiger partial charge is 0.346 e. The summed E-state index contributed by atoms with van der Waals surface area (Å²) in [5.41, 5.74) is 2.50. The molecule has 0 bridgehead atoms. The Hall–Kier alpha value is -3.26. The molecule has 0 radical (unpaired) electrons. The lowest BCUT2D eigenvalue weighted by Crippen LogP contribution is -2.35. The summed E-state index contributed by atoms with van der Waals surface area (Å²) in [6.07, 6.45) is 4.14. The van der Waals surface area contributed by atoms with Crippen molar-refractivity contribution in [3.63, 3.8) is 0 Å². The van der Waals surface area contributed by atoms with Crippen molar-refractivity contribution in [1.82, 2.24) is 24.6 Å². The molecule has 29 heavy (non-hydrogen) atoms. The normalized spacial score (nSPS) is 14.9. The fraction of sp³-hybridized carbons (Fsp3) is 0.238. The molecule has 1 amide bonds. The molecular formula is C21H20N6OS. The molecule has 2 aromatic heterocycles.